The maximum Gasteiger partial charge on any atom is 0.170 e. The number of hydrogen-bond donors (Lipinski definition) is 0. The molecular weight excluding hydrogens is 435 g/mol. The number of ether oxygens (including phenoxy) is 2. The molecule has 34 heavy (non-hydrogen) atoms. The maximum absolute atomic E-state index is 14.8. The van der Waals surface area contributed by atoms with Gasteiger partial charge in [0.15, 0.2) is 5.65 Å². The van der Waals surface area contributed by atoms with Gasteiger partial charge in [0, 0.05) is 18.2 Å². The molecule has 5 heterocycles. The molecule has 0 unspecified atom stereocenters. The van der Waals surface area contributed by atoms with E-state index in [1.54, 1.807) is 17.1 Å². The Balaban J connectivity index is 1.50. The average Bonchev–Trinajstić information content (AvgIpc) is 3.55. The Hall–Kier alpha value is -3.93. The third-order valence-electron chi connectivity index (χ3n) is 6.87. The van der Waals surface area contributed by atoms with Gasteiger partial charge in [0.05, 0.1) is 47.7 Å². The Labute approximate surface area is 195 Å². The molecule has 2 aliphatic heterocycles. The fraction of sp³-hybridized carbons (Fsp3) is 0.360. The molecule has 3 aromatic heterocycles. The van der Waals surface area contributed by atoms with Gasteiger partial charge in [-0.25, -0.2) is 4.39 Å². The summed E-state index contributed by atoms with van der Waals surface area (Å²) < 4.78 is 30.7. The molecule has 0 amide bonds. The van der Waals surface area contributed by atoms with E-state index in [1.807, 2.05) is 37.4 Å². The molecule has 0 saturated carbocycles. The molecule has 0 radical (unpaired) electrons. The predicted molar refractivity (Wildman–Crippen MR) is 121 cm³/mol. The van der Waals surface area contributed by atoms with E-state index in [0.717, 1.165) is 28.3 Å². The van der Waals surface area contributed by atoms with Gasteiger partial charge in [0.25, 0.3) is 0 Å². The van der Waals surface area contributed by atoms with Gasteiger partial charge in [-0.1, -0.05) is 0 Å². The molecular formula is C25H23FN6O2. The second kappa shape index (κ2) is 7.29. The first-order chi connectivity index (χ1) is 16.4. The fourth-order valence-corrected chi connectivity index (χ4v) is 4.94. The third-order valence-corrected chi connectivity index (χ3v) is 6.87. The van der Waals surface area contributed by atoms with Gasteiger partial charge < -0.3 is 9.47 Å². The molecule has 1 atom stereocenters. The highest BCUT2D eigenvalue weighted by atomic mass is 19.1. The monoisotopic (exact) mass is 458 g/mol. The van der Waals surface area contributed by atoms with Crippen LogP contribution >= 0.6 is 0 Å². The molecule has 0 bridgehead atoms. The van der Waals surface area contributed by atoms with E-state index in [9.17, 15) is 9.65 Å². The minimum atomic E-state index is -0.728. The number of pyridine rings is 1. The number of rotatable bonds is 2. The Morgan fingerprint density at radius 3 is 2.74 bits per heavy atom. The number of fused-ring (bicyclic) bond motifs is 3. The molecule has 1 aromatic carbocycles. The summed E-state index contributed by atoms with van der Waals surface area (Å²) in [4.78, 5) is 0. The van der Waals surface area contributed by atoms with E-state index in [1.165, 1.54) is 6.07 Å². The lowest BCUT2D eigenvalue weighted by atomic mass is 9.91. The molecule has 0 fully saturated rings. The first-order valence-electron chi connectivity index (χ1n) is 11.3. The highest BCUT2D eigenvalue weighted by Crippen LogP contribution is 2.41. The van der Waals surface area contributed by atoms with Crippen molar-refractivity contribution in [2.24, 2.45) is 7.05 Å². The van der Waals surface area contributed by atoms with Crippen LogP contribution in [0.4, 0.5) is 4.39 Å². The van der Waals surface area contributed by atoms with E-state index in [2.05, 4.69) is 21.4 Å². The van der Waals surface area contributed by atoms with Crippen molar-refractivity contribution in [2.75, 3.05) is 13.2 Å². The summed E-state index contributed by atoms with van der Waals surface area (Å²) in [6.45, 7) is 4.53. The van der Waals surface area contributed by atoms with Gasteiger partial charge in [0.1, 0.15) is 23.6 Å². The van der Waals surface area contributed by atoms with Crippen molar-refractivity contribution in [3.8, 4) is 28.8 Å². The van der Waals surface area contributed by atoms with Gasteiger partial charge in [-0.15, -0.1) is 10.2 Å². The summed E-state index contributed by atoms with van der Waals surface area (Å²) in [6, 6.07) is 9.37. The summed E-state index contributed by atoms with van der Waals surface area (Å²) in [5, 5.41) is 22.7. The second-order valence-corrected chi connectivity index (χ2v) is 9.43. The number of aryl methyl sites for hydroxylation is 2. The van der Waals surface area contributed by atoms with Crippen LogP contribution in [0.1, 0.15) is 42.3 Å². The molecule has 6 rings (SSSR count). The van der Waals surface area contributed by atoms with E-state index < -0.39 is 5.41 Å². The Bertz CT molecular complexity index is 1500. The van der Waals surface area contributed by atoms with Gasteiger partial charge in [0.2, 0.25) is 0 Å². The molecule has 0 aliphatic carbocycles. The zero-order chi connectivity index (χ0) is 23.6. The highest BCUT2D eigenvalue weighted by Gasteiger charge is 2.32. The first kappa shape index (κ1) is 20.7. The lowest BCUT2D eigenvalue weighted by Gasteiger charge is -2.16. The maximum atomic E-state index is 14.8. The van der Waals surface area contributed by atoms with Crippen LogP contribution in [0.15, 0.2) is 30.6 Å². The Kier molecular flexibility index (Phi) is 4.43. The zero-order valence-electron chi connectivity index (χ0n) is 19.2. The van der Waals surface area contributed by atoms with E-state index in [4.69, 9.17) is 9.47 Å². The third kappa shape index (κ3) is 2.98. The van der Waals surface area contributed by atoms with Crippen molar-refractivity contribution in [1.29, 1.82) is 5.26 Å². The first-order valence-corrected chi connectivity index (χ1v) is 11.3. The van der Waals surface area contributed by atoms with Crippen LogP contribution in [0.3, 0.4) is 0 Å². The fourth-order valence-electron chi connectivity index (χ4n) is 4.94. The Morgan fingerprint density at radius 1 is 1.15 bits per heavy atom. The number of aromatic nitrogens is 5. The quantitative estimate of drug-likeness (QED) is 0.455. The molecule has 172 valence electrons. The molecule has 9 heteroatoms. The Morgan fingerprint density at radius 2 is 1.94 bits per heavy atom. The van der Waals surface area contributed by atoms with E-state index >= 15 is 0 Å². The average molecular weight is 458 g/mol. The van der Waals surface area contributed by atoms with Crippen LogP contribution in [0, 0.1) is 17.1 Å². The highest BCUT2D eigenvalue weighted by molar-refractivity contribution is 5.77. The molecule has 4 aromatic rings. The van der Waals surface area contributed by atoms with Crippen molar-refractivity contribution in [3.05, 3.63) is 58.9 Å². The van der Waals surface area contributed by atoms with Crippen molar-refractivity contribution >= 4 is 5.65 Å². The van der Waals surface area contributed by atoms with Crippen molar-refractivity contribution in [2.45, 2.75) is 38.0 Å². The number of halogens is 1. The molecule has 2 aliphatic rings. The summed E-state index contributed by atoms with van der Waals surface area (Å²) in [5.74, 6) is 1.20. The van der Waals surface area contributed by atoms with E-state index in [0.29, 0.717) is 48.7 Å². The number of hydrogen-bond acceptors (Lipinski definition) is 6. The van der Waals surface area contributed by atoms with Crippen LogP contribution < -0.4 is 9.47 Å². The van der Waals surface area contributed by atoms with Crippen LogP contribution in [-0.2, 0) is 25.3 Å². The molecule has 0 saturated heterocycles. The van der Waals surface area contributed by atoms with Crippen molar-refractivity contribution < 1.29 is 13.9 Å². The standard InChI is InChI=1S/C25H23FN6O2/c1-25(2,12-27)22-9-19(31(3)30-22)16-8-21-18(32-13-28-29-24(16)32)6-4-15-17(26)5-7-20-23(15)14(10-33-20)11-34-21/h5,7-9,13-14H,4,6,10-11H2,1-3H3/t14-/m1/s1. The summed E-state index contributed by atoms with van der Waals surface area (Å²) in [6.07, 6.45) is 2.74. The largest absolute Gasteiger partial charge is 0.493 e. The van der Waals surface area contributed by atoms with Gasteiger partial charge >= 0.3 is 0 Å². The SMILES string of the molecule is Cn1nc(C(C)(C)C#N)cc1-c1cc2c(n3cnnc13)CCc1c(F)ccc3c1[C@H](CO3)CO2. The number of nitriles is 1. The minimum Gasteiger partial charge on any atom is -0.493 e. The van der Waals surface area contributed by atoms with Gasteiger partial charge in [-0.3, -0.25) is 9.08 Å². The summed E-state index contributed by atoms with van der Waals surface area (Å²) >= 11 is 0. The van der Waals surface area contributed by atoms with Crippen LogP contribution in [0.2, 0.25) is 0 Å². The minimum absolute atomic E-state index is 0.0357. The van der Waals surface area contributed by atoms with Crippen LogP contribution in [0.25, 0.3) is 16.9 Å². The number of nitrogens with zero attached hydrogens (tertiary/aromatic N) is 6. The normalized spacial score (nSPS) is 17.1. The number of benzene rings is 1. The lowest BCUT2D eigenvalue weighted by molar-refractivity contribution is 0.246. The zero-order valence-corrected chi connectivity index (χ0v) is 19.2. The molecule has 0 spiro atoms. The van der Waals surface area contributed by atoms with Crippen molar-refractivity contribution in [3.63, 3.8) is 0 Å². The molecule has 8 nitrogen and oxygen atoms in total. The topological polar surface area (TPSA) is 90.3 Å². The molecule has 0 N–H and O–H groups in total. The summed E-state index contributed by atoms with van der Waals surface area (Å²) in [5.41, 5.74) is 4.72. The van der Waals surface area contributed by atoms with E-state index in [-0.39, 0.29) is 11.7 Å². The lowest BCUT2D eigenvalue weighted by Crippen LogP contribution is -2.14. The van der Waals surface area contributed by atoms with Gasteiger partial charge in [-0.05, 0) is 56.5 Å². The summed E-state index contributed by atoms with van der Waals surface area (Å²) in [7, 11) is 1.85. The van der Waals surface area contributed by atoms with Crippen LogP contribution in [0.5, 0.6) is 11.5 Å². The van der Waals surface area contributed by atoms with Crippen molar-refractivity contribution in [1.82, 2.24) is 24.4 Å². The second-order valence-electron chi connectivity index (χ2n) is 9.43. The predicted octanol–water partition coefficient (Wildman–Crippen LogP) is 3.72. The van der Waals surface area contributed by atoms with Crippen LogP contribution in [-0.4, -0.2) is 37.6 Å². The smallest absolute Gasteiger partial charge is 0.170 e. The van der Waals surface area contributed by atoms with Gasteiger partial charge in [-0.2, -0.15) is 10.4 Å².